The fraction of sp³-hybridized carbons (Fsp3) is 0.385. The maximum atomic E-state index is 13.3. The van der Waals surface area contributed by atoms with E-state index in [2.05, 4.69) is 24.1 Å². The molecule has 7 heteroatoms. The van der Waals surface area contributed by atoms with Crippen molar-refractivity contribution in [1.29, 1.82) is 0 Å². The smallest absolute Gasteiger partial charge is 0.270 e. The zero-order chi connectivity index (χ0) is 23.8. The van der Waals surface area contributed by atoms with E-state index in [1.54, 1.807) is 23.9 Å². The fourth-order valence-corrected chi connectivity index (χ4v) is 4.02. The number of hydrogen-bond donors (Lipinski definition) is 1. The quantitative estimate of drug-likeness (QED) is 0.407. The summed E-state index contributed by atoms with van der Waals surface area (Å²) in [7, 11) is 1.63. The minimum Gasteiger partial charge on any atom is -0.497 e. The minimum atomic E-state index is -0.174. The van der Waals surface area contributed by atoms with Crippen LogP contribution < -0.4 is 10.1 Å². The molecule has 0 aliphatic carbocycles. The molecular formula is C26H33ClN4O2. The van der Waals surface area contributed by atoms with Crippen LogP contribution in [0.25, 0.3) is 16.9 Å². The molecule has 0 bridgehead atoms. The molecule has 6 nitrogen and oxygen atoms in total. The van der Waals surface area contributed by atoms with Crippen molar-refractivity contribution < 1.29 is 9.53 Å². The number of aromatic nitrogens is 2. The van der Waals surface area contributed by atoms with E-state index in [0.29, 0.717) is 22.1 Å². The first kappa shape index (κ1) is 24.8. The van der Waals surface area contributed by atoms with Crippen LogP contribution in [-0.4, -0.2) is 53.4 Å². The second-order valence-corrected chi connectivity index (χ2v) is 8.46. The van der Waals surface area contributed by atoms with Crippen LogP contribution in [0.4, 0.5) is 0 Å². The molecule has 0 spiro atoms. The van der Waals surface area contributed by atoms with E-state index in [-0.39, 0.29) is 11.9 Å². The number of para-hydroxylation sites is 1. The molecule has 1 amide bonds. The minimum absolute atomic E-state index is 0.0444. The van der Waals surface area contributed by atoms with Gasteiger partial charge < -0.3 is 15.0 Å². The topological polar surface area (TPSA) is 59.4 Å². The molecule has 2 aromatic carbocycles. The Morgan fingerprint density at radius 3 is 2.61 bits per heavy atom. The van der Waals surface area contributed by atoms with E-state index in [9.17, 15) is 4.79 Å². The third-order valence-electron chi connectivity index (χ3n) is 5.77. The van der Waals surface area contributed by atoms with Crippen molar-refractivity contribution in [3.05, 3.63) is 65.3 Å². The van der Waals surface area contributed by atoms with E-state index in [1.165, 1.54) is 0 Å². The molecule has 1 unspecified atom stereocenters. The zero-order valence-electron chi connectivity index (χ0n) is 19.8. The number of methoxy groups -OCH3 is 1. The van der Waals surface area contributed by atoms with Crippen molar-refractivity contribution in [3.63, 3.8) is 0 Å². The average Bonchev–Trinajstić information content (AvgIpc) is 3.27. The molecule has 3 aromatic rings. The van der Waals surface area contributed by atoms with Gasteiger partial charge in [0.15, 0.2) is 0 Å². The van der Waals surface area contributed by atoms with Gasteiger partial charge in [0.1, 0.15) is 11.4 Å². The number of ether oxygens (including phenoxy) is 1. The number of amides is 1. The predicted octanol–water partition coefficient (Wildman–Crippen LogP) is 5.44. The van der Waals surface area contributed by atoms with Crippen LogP contribution in [0.15, 0.2) is 54.6 Å². The van der Waals surface area contributed by atoms with E-state index >= 15 is 0 Å². The van der Waals surface area contributed by atoms with Crippen molar-refractivity contribution in [2.24, 2.45) is 0 Å². The van der Waals surface area contributed by atoms with Crippen molar-refractivity contribution in [1.82, 2.24) is 20.0 Å². The lowest BCUT2D eigenvalue weighted by atomic mass is 10.1. The summed E-state index contributed by atoms with van der Waals surface area (Å²) in [5.41, 5.74) is 2.64. The Bertz CT molecular complexity index is 1060. The standard InChI is InChI=1S/C26H33ClN4O2/c1-5-30(6-2)16-10-11-19(3)28-26(32)25-18-23(20-12-9-13-21(17-20)33-4)29-31(25)24-15-8-7-14-22(24)27/h7-9,12-15,17-19H,5-6,10-11,16H2,1-4H3,(H,28,32). The van der Waals surface area contributed by atoms with Gasteiger partial charge in [-0.25, -0.2) is 4.68 Å². The summed E-state index contributed by atoms with van der Waals surface area (Å²) in [6.07, 6.45) is 1.94. The summed E-state index contributed by atoms with van der Waals surface area (Å²) in [4.78, 5) is 15.7. The molecule has 0 saturated carbocycles. The summed E-state index contributed by atoms with van der Waals surface area (Å²) < 4.78 is 6.97. The van der Waals surface area contributed by atoms with Crippen LogP contribution in [-0.2, 0) is 0 Å². The molecule has 1 N–H and O–H groups in total. The molecule has 1 aromatic heterocycles. The van der Waals surface area contributed by atoms with Crippen LogP contribution in [0.3, 0.4) is 0 Å². The van der Waals surface area contributed by atoms with Gasteiger partial charge in [-0.3, -0.25) is 4.79 Å². The first-order valence-electron chi connectivity index (χ1n) is 11.5. The highest BCUT2D eigenvalue weighted by atomic mass is 35.5. The van der Waals surface area contributed by atoms with Crippen molar-refractivity contribution in [2.75, 3.05) is 26.7 Å². The number of nitrogens with zero attached hydrogens (tertiary/aromatic N) is 3. The number of benzene rings is 2. The summed E-state index contributed by atoms with van der Waals surface area (Å²) in [5, 5.41) is 8.40. The third-order valence-corrected chi connectivity index (χ3v) is 6.09. The number of carbonyl (C=O) groups is 1. The van der Waals surface area contributed by atoms with E-state index in [1.807, 2.05) is 49.4 Å². The van der Waals surface area contributed by atoms with Gasteiger partial charge in [-0.15, -0.1) is 0 Å². The molecule has 3 rings (SSSR count). The molecule has 0 aliphatic heterocycles. The number of carbonyl (C=O) groups excluding carboxylic acids is 1. The Morgan fingerprint density at radius 1 is 1.15 bits per heavy atom. The third kappa shape index (κ3) is 6.36. The van der Waals surface area contributed by atoms with Crippen molar-refractivity contribution >= 4 is 17.5 Å². The molecule has 0 fully saturated rings. The molecule has 0 saturated heterocycles. The second-order valence-electron chi connectivity index (χ2n) is 8.05. The van der Waals surface area contributed by atoms with Crippen molar-refractivity contribution in [3.8, 4) is 22.7 Å². The lowest BCUT2D eigenvalue weighted by Crippen LogP contribution is -2.34. The average molecular weight is 469 g/mol. The Hall–Kier alpha value is -2.83. The predicted molar refractivity (Wildman–Crippen MR) is 135 cm³/mol. The molecule has 176 valence electrons. The first-order valence-corrected chi connectivity index (χ1v) is 11.9. The Kier molecular flexibility index (Phi) is 8.92. The molecule has 0 radical (unpaired) electrons. The van der Waals surface area contributed by atoms with Gasteiger partial charge in [0, 0.05) is 11.6 Å². The maximum Gasteiger partial charge on any atom is 0.270 e. The van der Waals surface area contributed by atoms with Gasteiger partial charge in [0.2, 0.25) is 0 Å². The Morgan fingerprint density at radius 2 is 1.91 bits per heavy atom. The monoisotopic (exact) mass is 468 g/mol. The second kappa shape index (κ2) is 11.9. The molecular weight excluding hydrogens is 436 g/mol. The number of hydrogen-bond acceptors (Lipinski definition) is 4. The lowest BCUT2D eigenvalue weighted by molar-refractivity contribution is 0.0929. The highest BCUT2D eigenvalue weighted by Crippen LogP contribution is 2.27. The maximum absolute atomic E-state index is 13.3. The van der Waals surface area contributed by atoms with Gasteiger partial charge >= 0.3 is 0 Å². The van der Waals surface area contributed by atoms with E-state index in [4.69, 9.17) is 21.4 Å². The highest BCUT2D eigenvalue weighted by molar-refractivity contribution is 6.32. The number of rotatable bonds is 11. The number of halogens is 1. The van der Waals surface area contributed by atoms with Gasteiger partial charge in [0.25, 0.3) is 5.91 Å². The zero-order valence-corrected chi connectivity index (χ0v) is 20.6. The summed E-state index contributed by atoms with van der Waals surface area (Å²) in [5.74, 6) is 0.555. The largest absolute Gasteiger partial charge is 0.497 e. The Labute approximate surface area is 201 Å². The summed E-state index contributed by atoms with van der Waals surface area (Å²) >= 11 is 6.45. The highest BCUT2D eigenvalue weighted by Gasteiger charge is 2.20. The van der Waals surface area contributed by atoms with Gasteiger partial charge in [-0.1, -0.05) is 49.7 Å². The normalized spacial score (nSPS) is 12.1. The van der Waals surface area contributed by atoms with E-state index < -0.39 is 0 Å². The van der Waals surface area contributed by atoms with Crippen LogP contribution in [0.1, 0.15) is 44.1 Å². The fourth-order valence-electron chi connectivity index (χ4n) is 3.80. The SMILES string of the molecule is CCN(CC)CCCC(C)NC(=O)c1cc(-c2cccc(OC)c2)nn1-c1ccccc1Cl. The first-order chi connectivity index (χ1) is 16.0. The van der Waals surface area contributed by atoms with Crippen molar-refractivity contribution in [2.45, 2.75) is 39.7 Å². The molecule has 0 aliphatic rings. The van der Waals surface area contributed by atoms with Crippen LogP contribution in [0, 0.1) is 0 Å². The van der Waals surface area contributed by atoms with Gasteiger partial charge in [0.05, 0.1) is 23.5 Å². The summed E-state index contributed by atoms with van der Waals surface area (Å²) in [6, 6.07) is 16.9. The number of nitrogens with one attached hydrogen (secondary N) is 1. The molecule has 1 heterocycles. The van der Waals surface area contributed by atoms with Crippen LogP contribution in [0.5, 0.6) is 5.75 Å². The van der Waals surface area contributed by atoms with Crippen LogP contribution >= 0.6 is 11.6 Å². The van der Waals surface area contributed by atoms with E-state index in [0.717, 1.165) is 43.8 Å². The van der Waals surface area contributed by atoms with Gasteiger partial charge in [-0.2, -0.15) is 5.10 Å². The lowest BCUT2D eigenvalue weighted by Gasteiger charge is -2.20. The molecule has 1 atom stereocenters. The summed E-state index contributed by atoms with van der Waals surface area (Å²) in [6.45, 7) is 9.50. The van der Waals surface area contributed by atoms with Gasteiger partial charge in [-0.05, 0) is 69.7 Å². The molecule has 33 heavy (non-hydrogen) atoms. The Balaban J connectivity index is 1.85. The van der Waals surface area contributed by atoms with Crippen LogP contribution in [0.2, 0.25) is 5.02 Å².